The molecule has 1 aromatic heterocycles. The largest absolute Gasteiger partial charge is 0.375 e. The Labute approximate surface area is 106 Å². The second-order valence-corrected chi connectivity index (χ2v) is 4.21. The molecule has 0 spiro atoms. The van der Waals surface area contributed by atoms with E-state index in [2.05, 4.69) is 17.3 Å². The van der Waals surface area contributed by atoms with Crippen molar-refractivity contribution >= 4 is 0 Å². The Bertz CT molecular complexity index is 331. The lowest BCUT2D eigenvalue weighted by Gasteiger charge is -2.17. The predicted molar refractivity (Wildman–Crippen MR) is 65.7 cm³/mol. The molecule has 0 aliphatic rings. The van der Waals surface area contributed by atoms with Gasteiger partial charge in [-0.2, -0.15) is 5.10 Å². The molecule has 1 N–H and O–H groups in total. The third kappa shape index (κ3) is 5.55. The van der Waals surface area contributed by atoms with Gasteiger partial charge in [0.15, 0.2) is 0 Å². The predicted octanol–water partition coefficient (Wildman–Crippen LogP) is 2.13. The highest BCUT2D eigenvalue weighted by atomic mass is 19.3. The molecule has 1 atom stereocenters. The Hall–Kier alpha value is -1.01. The number of hydrogen-bond donors (Lipinski definition) is 1. The molecule has 1 unspecified atom stereocenters. The Morgan fingerprint density at radius 2 is 2.28 bits per heavy atom. The number of aryl methyl sites for hydroxylation is 1. The third-order valence-electron chi connectivity index (χ3n) is 2.56. The number of hydrogen-bond acceptors (Lipinski definition) is 3. The number of ether oxygens (including phenoxy) is 1. The van der Waals surface area contributed by atoms with E-state index in [0.29, 0.717) is 13.0 Å². The molecule has 0 saturated carbocycles. The van der Waals surface area contributed by atoms with Gasteiger partial charge in [-0.1, -0.05) is 6.92 Å². The average Bonchev–Trinajstić information content (AvgIpc) is 2.74. The van der Waals surface area contributed by atoms with Gasteiger partial charge in [0.2, 0.25) is 0 Å². The van der Waals surface area contributed by atoms with Crippen LogP contribution in [0.1, 0.15) is 31.4 Å². The van der Waals surface area contributed by atoms with Crippen LogP contribution in [-0.2, 0) is 11.8 Å². The Morgan fingerprint density at radius 3 is 2.83 bits per heavy atom. The second-order valence-electron chi connectivity index (χ2n) is 4.21. The zero-order valence-corrected chi connectivity index (χ0v) is 10.9. The fraction of sp³-hybridized carbons (Fsp3) is 0.750. The minimum Gasteiger partial charge on any atom is -0.375 e. The highest BCUT2D eigenvalue weighted by molar-refractivity contribution is 5.10. The number of nitrogens with zero attached hydrogens (tertiary/aromatic N) is 2. The maximum Gasteiger partial charge on any atom is 0.261 e. The van der Waals surface area contributed by atoms with Crippen molar-refractivity contribution in [3.8, 4) is 0 Å². The van der Waals surface area contributed by atoms with Gasteiger partial charge in [0.1, 0.15) is 6.61 Å². The zero-order valence-electron chi connectivity index (χ0n) is 10.9. The summed E-state index contributed by atoms with van der Waals surface area (Å²) >= 11 is 0. The summed E-state index contributed by atoms with van der Waals surface area (Å²) in [6, 6.07) is 0.108. The summed E-state index contributed by atoms with van der Waals surface area (Å²) in [5.74, 6) is 0. The number of rotatable bonds is 9. The van der Waals surface area contributed by atoms with Gasteiger partial charge in [-0.3, -0.25) is 4.68 Å². The fourth-order valence-electron chi connectivity index (χ4n) is 1.70. The number of aromatic nitrogens is 2. The van der Waals surface area contributed by atoms with Crippen molar-refractivity contribution in [3.63, 3.8) is 0 Å². The summed E-state index contributed by atoms with van der Waals surface area (Å²) in [7, 11) is 1.85. The summed E-state index contributed by atoms with van der Waals surface area (Å²) < 4.78 is 30.5. The summed E-state index contributed by atoms with van der Waals surface area (Å²) in [5.41, 5.74) is 1.06. The maximum atomic E-state index is 11.9. The first-order valence-corrected chi connectivity index (χ1v) is 6.21. The molecule has 1 heterocycles. The first kappa shape index (κ1) is 15.0. The lowest BCUT2D eigenvalue weighted by molar-refractivity contribution is 0.0143. The van der Waals surface area contributed by atoms with Crippen molar-refractivity contribution in [1.82, 2.24) is 15.1 Å². The molecule has 0 bridgehead atoms. The van der Waals surface area contributed by atoms with Crippen LogP contribution < -0.4 is 5.32 Å². The molecule has 0 saturated heterocycles. The molecule has 0 radical (unpaired) electrons. The molecule has 0 fully saturated rings. The van der Waals surface area contributed by atoms with Crippen molar-refractivity contribution in [3.05, 3.63) is 18.0 Å². The van der Waals surface area contributed by atoms with Crippen LogP contribution in [0.3, 0.4) is 0 Å². The van der Waals surface area contributed by atoms with Crippen molar-refractivity contribution in [2.75, 3.05) is 19.8 Å². The quantitative estimate of drug-likeness (QED) is 0.692. The molecule has 0 aromatic carbocycles. The van der Waals surface area contributed by atoms with Gasteiger partial charge in [0.25, 0.3) is 6.43 Å². The van der Waals surface area contributed by atoms with E-state index >= 15 is 0 Å². The van der Waals surface area contributed by atoms with Crippen molar-refractivity contribution in [2.24, 2.45) is 7.05 Å². The van der Waals surface area contributed by atoms with Gasteiger partial charge < -0.3 is 10.1 Å². The van der Waals surface area contributed by atoms with Crippen LogP contribution >= 0.6 is 0 Å². The Balaban J connectivity index is 2.40. The summed E-state index contributed by atoms with van der Waals surface area (Å²) in [6.45, 7) is 2.79. The molecule has 104 valence electrons. The van der Waals surface area contributed by atoms with E-state index in [1.165, 1.54) is 0 Å². The van der Waals surface area contributed by atoms with Crippen LogP contribution in [0.2, 0.25) is 0 Å². The molecule has 6 heteroatoms. The Morgan fingerprint density at radius 1 is 1.50 bits per heavy atom. The van der Waals surface area contributed by atoms with Crippen LogP contribution in [0.25, 0.3) is 0 Å². The molecule has 0 amide bonds. The molecule has 1 rings (SSSR count). The minimum atomic E-state index is -2.40. The highest BCUT2D eigenvalue weighted by Crippen LogP contribution is 2.16. The van der Waals surface area contributed by atoms with Gasteiger partial charge in [-0.25, -0.2) is 8.78 Å². The molecule has 18 heavy (non-hydrogen) atoms. The van der Waals surface area contributed by atoms with E-state index in [9.17, 15) is 8.78 Å². The second kappa shape index (κ2) is 8.16. The van der Waals surface area contributed by atoms with E-state index in [1.54, 1.807) is 10.9 Å². The number of nitrogens with one attached hydrogen (secondary N) is 1. The van der Waals surface area contributed by atoms with Gasteiger partial charge in [-0.05, 0) is 19.4 Å². The van der Waals surface area contributed by atoms with E-state index in [1.807, 2.05) is 13.2 Å². The van der Waals surface area contributed by atoms with Gasteiger partial charge in [-0.15, -0.1) is 0 Å². The first-order valence-electron chi connectivity index (χ1n) is 6.21. The molecular weight excluding hydrogens is 240 g/mol. The van der Waals surface area contributed by atoms with Gasteiger partial charge in [0.05, 0.1) is 6.20 Å². The average molecular weight is 261 g/mol. The molecule has 0 aliphatic heterocycles. The summed E-state index contributed by atoms with van der Waals surface area (Å²) in [4.78, 5) is 0. The smallest absolute Gasteiger partial charge is 0.261 e. The van der Waals surface area contributed by atoms with E-state index in [-0.39, 0.29) is 6.04 Å². The van der Waals surface area contributed by atoms with Crippen molar-refractivity contribution in [2.45, 2.75) is 32.2 Å². The number of halogens is 2. The lowest BCUT2D eigenvalue weighted by Crippen LogP contribution is -2.23. The van der Waals surface area contributed by atoms with Gasteiger partial charge >= 0.3 is 0 Å². The SMILES string of the molecule is CCCNC(CCOCC(F)F)c1cnn(C)c1. The van der Waals surface area contributed by atoms with Gasteiger partial charge in [0, 0.05) is 31.5 Å². The van der Waals surface area contributed by atoms with E-state index < -0.39 is 13.0 Å². The number of alkyl halides is 2. The lowest BCUT2D eigenvalue weighted by atomic mass is 10.1. The van der Waals surface area contributed by atoms with E-state index in [0.717, 1.165) is 18.5 Å². The van der Waals surface area contributed by atoms with Crippen LogP contribution in [0.15, 0.2) is 12.4 Å². The first-order chi connectivity index (χ1) is 8.63. The molecular formula is C12H21F2N3O. The van der Waals surface area contributed by atoms with E-state index in [4.69, 9.17) is 4.74 Å². The standard InChI is InChI=1S/C12H21F2N3O/c1-3-5-15-11(4-6-18-9-12(13)14)10-7-16-17(2)8-10/h7-8,11-12,15H,3-6,9H2,1-2H3. The van der Waals surface area contributed by atoms with Crippen LogP contribution in [0.4, 0.5) is 8.78 Å². The minimum absolute atomic E-state index is 0.108. The monoisotopic (exact) mass is 261 g/mol. The highest BCUT2D eigenvalue weighted by Gasteiger charge is 2.12. The Kier molecular flexibility index (Phi) is 6.82. The summed E-state index contributed by atoms with van der Waals surface area (Å²) in [5, 5.41) is 7.48. The molecule has 4 nitrogen and oxygen atoms in total. The maximum absolute atomic E-state index is 11.9. The topological polar surface area (TPSA) is 39.1 Å². The van der Waals surface area contributed by atoms with Crippen molar-refractivity contribution in [1.29, 1.82) is 0 Å². The zero-order chi connectivity index (χ0) is 13.4. The molecule has 1 aromatic rings. The summed E-state index contributed by atoms with van der Waals surface area (Å²) in [6.07, 6.45) is 3.01. The normalized spacial score (nSPS) is 13.2. The fourth-order valence-corrected chi connectivity index (χ4v) is 1.70. The van der Waals surface area contributed by atoms with Crippen molar-refractivity contribution < 1.29 is 13.5 Å². The third-order valence-corrected chi connectivity index (χ3v) is 2.56. The molecule has 0 aliphatic carbocycles. The van der Waals surface area contributed by atoms with Crippen LogP contribution in [0.5, 0.6) is 0 Å². The van der Waals surface area contributed by atoms with Crippen LogP contribution in [0, 0.1) is 0 Å². The van der Waals surface area contributed by atoms with Crippen LogP contribution in [-0.4, -0.2) is 36.0 Å².